The summed E-state index contributed by atoms with van der Waals surface area (Å²) < 4.78 is 26.9. The number of rotatable bonds is 7. The van der Waals surface area contributed by atoms with E-state index in [1.54, 1.807) is 37.3 Å². The Morgan fingerprint density at radius 1 is 1.11 bits per heavy atom. The van der Waals surface area contributed by atoms with E-state index in [1.807, 2.05) is 13.0 Å². The van der Waals surface area contributed by atoms with Crippen LogP contribution in [-0.2, 0) is 9.53 Å². The molecule has 3 aromatic rings. The van der Waals surface area contributed by atoms with Crippen LogP contribution in [0.2, 0.25) is 0 Å². The maximum absolute atomic E-state index is 12.7. The highest BCUT2D eigenvalue weighted by atomic mass is 16.6. The van der Waals surface area contributed by atoms with E-state index in [0.29, 0.717) is 34.8 Å². The molecule has 7 heteroatoms. The Morgan fingerprint density at radius 2 is 1.86 bits per heavy atom. The van der Waals surface area contributed by atoms with Gasteiger partial charge in [0.15, 0.2) is 17.6 Å². The first kappa shape index (κ1) is 19.3. The number of hydrogen-bond donors (Lipinski definition) is 0. The van der Waals surface area contributed by atoms with Crippen LogP contribution < -0.4 is 19.6 Å². The van der Waals surface area contributed by atoms with Gasteiger partial charge in [0, 0.05) is 6.07 Å². The van der Waals surface area contributed by atoms with Crippen LogP contribution >= 0.6 is 0 Å². The third-order valence-electron chi connectivity index (χ3n) is 3.93. The minimum Gasteiger partial charge on any atom is -0.490 e. The zero-order valence-electron chi connectivity index (χ0n) is 15.8. The number of para-hydroxylation sites is 2. The number of fused-ring (bicyclic) bond motifs is 1. The number of ether oxygens (including phenoxy) is 4. The van der Waals surface area contributed by atoms with Crippen molar-refractivity contribution in [2.45, 2.75) is 20.0 Å². The molecular weight excluding hydrogens is 364 g/mol. The van der Waals surface area contributed by atoms with Gasteiger partial charge >= 0.3 is 5.97 Å². The summed E-state index contributed by atoms with van der Waals surface area (Å²) in [5, 5.41) is 0.324. The highest BCUT2D eigenvalue weighted by Gasteiger charge is 2.16. The van der Waals surface area contributed by atoms with Gasteiger partial charge in [0.2, 0.25) is 11.2 Å². The lowest BCUT2D eigenvalue weighted by Crippen LogP contribution is -2.24. The van der Waals surface area contributed by atoms with Crippen LogP contribution in [0.4, 0.5) is 0 Å². The predicted molar refractivity (Wildman–Crippen MR) is 102 cm³/mol. The zero-order valence-corrected chi connectivity index (χ0v) is 15.8. The van der Waals surface area contributed by atoms with Gasteiger partial charge in [-0.3, -0.25) is 4.79 Å². The molecule has 0 radical (unpaired) electrons. The topological polar surface area (TPSA) is 84.2 Å². The molecule has 1 aromatic heterocycles. The van der Waals surface area contributed by atoms with Crippen molar-refractivity contribution in [1.29, 1.82) is 0 Å². The Labute approximate surface area is 161 Å². The predicted octanol–water partition coefficient (Wildman–Crippen LogP) is 3.92. The average molecular weight is 384 g/mol. The number of benzene rings is 2. The van der Waals surface area contributed by atoms with Gasteiger partial charge in [-0.2, -0.15) is 0 Å². The van der Waals surface area contributed by atoms with Crippen LogP contribution in [0.1, 0.15) is 13.8 Å². The molecule has 0 unspecified atom stereocenters. The number of methoxy groups -OCH3 is 1. The molecule has 146 valence electrons. The summed E-state index contributed by atoms with van der Waals surface area (Å²) in [5.74, 6) is 0.867. The molecule has 0 aliphatic heterocycles. The zero-order chi connectivity index (χ0) is 20.1. The van der Waals surface area contributed by atoms with Gasteiger partial charge < -0.3 is 23.4 Å². The van der Waals surface area contributed by atoms with Gasteiger partial charge in [-0.1, -0.05) is 12.1 Å². The van der Waals surface area contributed by atoms with Crippen molar-refractivity contribution in [3.05, 3.63) is 59.0 Å². The molecule has 0 saturated carbocycles. The maximum atomic E-state index is 12.7. The third-order valence-corrected chi connectivity index (χ3v) is 3.93. The Morgan fingerprint density at radius 3 is 2.57 bits per heavy atom. The van der Waals surface area contributed by atoms with Crippen LogP contribution in [0, 0.1) is 0 Å². The molecule has 0 aliphatic rings. The second-order valence-electron chi connectivity index (χ2n) is 5.85. The molecule has 28 heavy (non-hydrogen) atoms. The van der Waals surface area contributed by atoms with Gasteiger partial charge in [-0.15, -0.1) is 0 Å². The van der Waals surface area contributed by atoms with E-state index in [2.05, 4.69) is 4.74 Å². The van der Waals surface area contributed by atoms with Crippen LogP contribution in [0.5, 0.6) is 23.0 Å². The number of hydrogen-bond acceptors (Lipinski definition) is 7. The molecule has 0 N–H and O–H groups in total. The summed E-state index contributed by atoms with van der Waals surface area (Å²) in [6.07, 6.45) is 0.452. The lowest BCUT2D eigenvalue weighted by Gasteiger charge is -2.13. The van der Waals surface area contributed by atoms with Crippen LogP contribution in [-0.4, -0.2) is 25.8 Å². The molecule has 0 bridgehead atoms. The number of esters is 1. The van der Waals surface area contributed by atoms with Crippen LogP contribution in [0.25, 0.3) is 11.0 Å². The third kappa shape index (κ3) is 4.09. The minimum absolute atomic E-state index is 0.0382. The molecular formula is C21H20O7. The van der Waals surface area contributed by atoms with Crippen molar-refractivity contribution in [1.82, 2.24) is 0 Å². The highest BCUT2D eigenvalue weighted by molar-refractivity contribution is 5.79. The summed E-state index contributed by atoms with van der Waals surface area (Å²) in [6.45, 7) is 3.90. The van der Waals surface area contributed by atoms with Crippen molar-refractivity contribution < 1.29 is 28.2 Å². The second-order valence-corrected chi connectivity index (χ2v) is 5.85. The largest absolute Gasteiger partial charge is 0.490 e. The average Bonchev–Trinajstić information content (AvgIpc) is 2.71. The fourth-order valence-electron chi connectivity index (χ4n) is 2.58. The summed E-state index contributed by atoms with van der Waals surface area (Å²) in [6, 6.07) is 11.7. The molecule has 0 amide bonds. The monoisotopic (exact) mass is 384 g/mol. The summed E-state index contributed by atoms with van der Waals surface area (Å²) >= 11 is 0. The molecule has 0 saturated heterocycles. The molecule has 0 fully saturated rings. The first-order valence-corrected chi connectivity index (χ1v) is 8.73. The first-order chi connectivity index (χ1) is 13.5. The standard InChI is InChI=1S/C21H20O7/c1-4-25-16-7-5-6-8-17(16)28-19-12-26-18-11-14(9-10-15(18)20(19)22)27-13(2)21(23)24-3/h5-13H,4H2,1-3H3/t13-/m0/s1. The van der Waals surface area contributed by atoms with Gasteiger partial charge in [-0.05, 0) is 38.1 Å². The van der Waals surface area contributed by atoms with E-state index in [9.17, 15) is 9.59 Å². The second kappa shape index (κ2) is 8.47. The quantitative estimate of drug-likeness (QED) is 0.571. The molecule has 3 rings (SSSR count). The van der Waals surface area contributed by atoms with E-state index in [-0.39, 0.29) is 11.2 Å². The molecule has 2 aromatic carbocycles. The molecule has 1 heterocycles. The highest BCUT2D eigenvalue weighted by Crippen LogP contribution is 2.31. The Hall–Kier alpha value is -3.48. The SMILES string of the molecule is CCOc1ccccc1Oc1coc2cc(O[C@@H](C)C(=O)OC)ccc2c1=O. The number of carbonyl (C=O) groups excluding carboxylic acids is 1. The summed E-state index contributed by atoms with van der Waals surface area (Å²) in [5.41, 5.74) is -0.0230. The Kier molecular flexibility index (Phi) is 5.84. The van der Waals surface area contributed by atoms with Crippen LogP contribution in [0.3, 0.4) is 0 Å². The summed E-state index contributed by atoms with van der Waals surface area (Å²) in [4.78, 5) is 24.2. The van der Waals surface area contributed by atoms with E-state index in [0.717, 1.165) is 0 Å². The molecule has 0 aliphatic carbocycles. The normalized spacial score (nSPS) is 11.7. The lowest BCUT2D eigenvalue weighted by molar-refractivity contribution is -0.147. The molecule has 7 nitrogen and oxygen atoms in total. The molecule has 0 spiro atoms. The van der Waals surface area contributed by atoms with Gasteiger partial charge in [0.1, 0.15) is 17.6 Å². The van der Waals surface area contributed by atoms with E-state index < -0.39 is 12.1 Å². The Balaban J connectivity index is 1.89. The lowest BCUT2D eigenvalue weighted by atomic mass is 10.2. The number of carbonyl (C=O) groups is 1. The maximum Gasteiger partial charge on any atom is 0.346 e. The van der Waals surface area contributed by atoms with Gasteiger partial charge in [0.05, 0.1) is 19.1 Å². The smallest absolute Gasteiger partial charge is 0.346 e. The van der Waals surface area contributed by atoms with E-state index in [1.165, 1.54) is 19.4 Å². The van der Waals surface area contributed by atoms with Crippen molar-refractivity contribution in [3.8, 4) is 23.0 Å². The van der Waals surface area contributed by atoms with Crippen molar-refractivity contribution in [2.24, 2.45) is 0 Å². The summed E-state index contributed by atoms with van der Waals surface area (Å²) in [7, 11) is 1.28. The van der Waals surface area contributed by atoms with Crippen LogP contribution in [0.15, 0.2) is 57.9 Å². The fraction of sp³-hybridized carbons (Fsp3) is 0.238. The Bertz CT molecular complexity index is 1040. The van der Waals surface area contributed by atoms with E-state index in [4.69, 9.17) is 18.6 Å². The minimum atomic E-state index is -0.785. The van der Waals surface area contributed by atoms with Crippen molar-refractivity contribution in [3.63, 3.8) is 0 Å². The van der Waals surface area contributed by atoms with Gasteiger partial charge in [0.25, 0.3) is 0 Å². The first-order valence-electron chi connectivity index (χ1n) is 8.73. The van der Waals surface area contributed by atoms with E-state index >= 15 is 0 Å². The van der Waals surface area contributed by atoms with Crippen molar-refractivity contribution in [2.75, 3.05) is 13.7 Å². The van der Waals surface area contributed by atoms with Gasteiger partial charge in [-0.25, -0.2) is 4.79 Å². The fourth-order valence-corrected chi connectivity index (χ4v) is 2.58. The molecule has 1 atom stereocenters. The van der Waals surface area contributed by atoms with Crippen molar-refractivity contribution >= 4 is 16.9 Å².